The van der Waals surface area contributed by atoms with Gasteiger partial charge in [0.1, 0.15) is 11.9 Å². The number of primary amides is 1. The molecule has 1 aromatic rings. The van der Waals surface area contributed by atoms with E-state index in [1.165, 1.54) is 6.07 Å². The first-order chi connectivity index (χ1) is 11.0. The quantitative estimate of drug-likeness (QED) is 0.819. The Morgan fingerprint density at radius 1 is 1.30 bits per heavy atom. The number of hydrogen-bond acceptors (Lipinski definition) is 5. The summed E-state index contributed by atoms with van der Waals surface area (Å²) < 4.78 is 18.9. The molecule has 2 heterocycles. The molecule has 0 aliphatic carbocycles. The smallest absolute Gasteiger partial charge is 0.404 e. The summed E-state index contributed by atoms with van der Waals surface area (Å²) in [5.74, 6) is 0.286. The average Bonchev–Trinajstić information content (AvgIpc) is 2.45. The van der Waals surface area contributed by atoms with Crippen LogP contribution in [0.4, 0.5) is 20.6 Å². The molecule has 7 heteroatoms. The van der Waals surface area contributed by atoms with E-state index < -0.39 is 6.09 Å². The number of nitrogens with zero attached hydrogens (tertiary/aromatic N) is 2. The van der Waals surface area contributed by atoms with E-state index in [0.29, 0.717) is 17.3 Å². The Morgan fingerprint density at radius 3 is 2.61 bits per heavy atom. The fraction of sp³-hybridized carbons (Fsp3) is 0.562. The van der Waals surface area contributed by atoms with Crippen molar-refractivity contribution in [2.75, 3.05) is 43.4 Å². The van der Waals surface area contributed by atoms with Crippen LogP contribution in [0.2, 0.25) is 0 Å². The fourth-order valence-electron chi connectivity index (χ4n) is 3.40. The molecule has 0 aromatic heterocycles. The van der Waals surface area contributed by atoms with Gasteiger partial charge in [-0.15, -0.1) is 0 Å². The summed E-state index contributed by atoms with van der Waals surface area (Å²) in [4.78, 5) is 15.2. The standard InChI is InChI=1S/C16H23FN4O2/c17-14-7-12(18)1-2-15(14)21-9-11(10-21)8-20-5-3-13(4-6-20)23-16(19)22/h1-2,7,11,13H,3-6,8-10,18H2,(H2,19,22). The van der Waals surface area contributed by atoms with Gasteiger partial charge in [-0.2, -0.15) is 0 Å². The Balaban J connectivity index is 1.42. The Kier molecular flexibility index (Phi) is 4.56. The molecule has 0 spiro atoms. The van der Waals surface area contributed by atoms with Gasteiger partial charge in [0.2, 0.25) is 0 Å². The van der Waals surface area contributed by atoms with Crippen LogP contribution < -0.4 is 16.4 Å². The third kappa shape index (κ3) is 3.85. The summed E-state index contributed by atoms with van der Waals surface area (Å²) in [6, 6.07) is 4.84. The molecule has 2 aliphatic heterocycles. The number of amides is 1. The topological polar surface area (TPSA) is 84.8 Å². The van der Waals surface area contributed by atoms with Gasteiger partial charge in [-0.1, -0.05) is 0 Å². The molecule has 0 radical (unpaired) electrons. The molecule has 3 rings (SSSR count). The van der Waals surface area contributed by atoms with Crippen molar-refractivity contribution >= 4 is 17.5 Å². The minimum Gasteiger partial charge on any atom is -0.446 e. The van der Waals surface area contributed by atoms with Crippen molar-refractivity contribution in [2.24, 2.45) is 11.7 Å². The maximum Gasteiger partial charge on any atom is 0.404 e. The molecular formula is C16H23FN4O2. The number of rotatable bonds is 4. The fourth-order valence-corrected chi connectivity index (χ4v) is 3.40. The minimum atomic E-state index is -0.691. The number of ether oxygens (including phenoxy) is 1. The van der Waals surface area contributed by atoms with Crippen LogP contribution in [0.15, 0.2) is 18.2 Å². The lowest BCUT2D eigenvalue weighted by atomic mass is 9.96. The number of benzene rings is 1. The van der Waals surface area contributed by atoms with Crippen molar-refractivity contribution in [3.63, 3.8) is 0 Å². The molecule has 0 atom stereocenters. The van der Waals surface area contributed by atoms with Gasteiger partial charge < -0.3 is 26.0 Å². The second-order valence-electron chi connectivity index (χ2n) is 6.42. The van der Waals surface area contributed by atoms with E-state index >= 15 is 0 Å². The van der Waals surface area contributed by atoms with Crippen LogP contribution in [0.3, 0.4) is 0 Å². The van der Waals surface area contributed by atoms with Crippen LogP contribution in [0, 0.1) is 11.7 Å². The normalized spacial score (nSPS) is 20.3. The summed E-state index contributed by atoms with van der Waals surface area (Å²) in [5.41, 5.74) is 11.7. The van der Waals surface area contributed by atoms with Gasteiger partial charge in [0, 0.05) is 44.3 Å². The lowest BCUT2D eigenvalue weighted by molar-refractivity contribution is 0.0500. The number of carbonyl (C=O) groups is 1. The molecule has 4 N–H and O–H groups in total. The van der Waals surface area contributed by atoms with Crippen LogP contribution in [0.25, 0.3) is 0 Å². The van der Waals surface area contributed by atoms with Crippen molar-refractivity contribution in [1.82, 2.24) is 4.90 Å². The molecule has 1 aromatic carbocycles. The summed E-state index contributed by atoms with van der Waals surface area (Å²) in [5, 5.41) is 0. The third-order valence-electron chi connectivity index (χ3n) is 4.60. The largest absolute Gasteiger partial charge is 0.446 e. The number of piperidine rings is 1. The molecular weight excluding hydrogens is 299 g/mol. The molecule has 6 nitrogen and oxygen atoms in total. The molecule has 2 aliphatic rings. The number of nitrogen functional groups attached to an aromatic ring is 1. The van der Waals surface area contributed by atoms with E-state index in [-0.39, 0.29) is 11.9 Å². The van der Waals surface area contributed by atoms with Gasteiger partial charge in [0.15, 0.2) is 0 Å². The second-order valence-corrected chi connectivity index (χ2v) is 6.42. The lowest BCUT2D eigenvalue weighted by Crippen LogP contribution is -2.53. The van der Waals surface area contributed by atoms with Crippen LogP contribution in [-0.4, -0.2) is 49.8 Å². The van der Waals surface area contributed by atoms with Crippen molar-refractivity contribution in [2.45, 2.75) is 18.9 Å². The average molecular weight is 322 g/mol. The van der Waals surface area contributed by atoms with Crippen molar-refractivity contribution in [3.05, 3.63) is 24.0 Å². The number of carbonyl (C=O) groups excluding carboxylic acids is 1. The van der Waals surface area contributed by atoms with Gasteiger partial charge in [0.25, 0.3) is 0 Å². The SMILES string of the molecule is NC(=O)OC1CCN(CC2CN(c3ccc(N)cc3F)C2)CC1. The van der Waals surface area contributed by atoms with Gasteiger partial charge in [-0.25, -0.2) is 9.18 Å². The Bertz CT molecular complexity index is 569. The molecule has 2 fully saturated rings. The number of halogens is 1. The van der Waals surface area contributed by atoms with E-state index in [0.717, 1.165) is 45.6 Å². The summed E-state index contributed by atoms with van der Waals surface area (Å²) in [6.45, 7) is 4.53. The van der Waals surface area contributed by atoms with E-state index in [1.54, 1.807) is 12.1 Å². The number of anilines is 2. The Hall–Kier alpha value is -2.02. The number of nitrogens with two attached hydrogens (primary N) is 2. The zero-order valence-corrected chi connectivity index (χ0v) is 13.1. The third-order valence-corrected chi connectivity index (χ3v) is 4.60. The highest BCUT2D eigenvalue weighted by molar-refractivity contribution is 5.64. The summed E-state index contributed by atoms with van der Waals surface area (Å²) >= 11 is 0. The Labute approximate surface area is 135 Å². The highest BCUT2D eigenvalue weighted by Gasteiger charge is 2.31. The van der Waals surface area contributed by atoms with Gasteiger partial charge in [-0.05, 0) is 31.0 Å². The van der Waals surface area contributed by atoms with E-state index in [4.69, 9.17) is 16.2 Å². The first-order valence-electron chi connectivity index (χ1n) is 7.99. The summed E-state index contributed by atoms with van der Waals surface area (Å²) in [6.07, 6.45) is 0.909. The van der Waals surface area contributed by atoms with Crippen molar-refractivity contribution < 1.29 is 13.9 Å². The lowest BCUT2D eigenvalue weighted by Gasteiger charge is -2.44. The molecule has 23 heavy (non-hydrogen) atoms. The molecule has 1 amide bonds. The van der Waals surface area contributed by atoms with Crippen LogP contribution in [0.1, 0.15) is 12.8 Å². The molecule has 0 saturated carbocycles. The Morgan fingerprint density at radius 2 is 2.00 bits per heavy atom. The van der Waals surface area contributed by atoms with Crippen LogP contribution in [-0.2, 0) is 4.74 Å². The summed E-state index contributed by atoms with van der Waals surface area (Å²) in [7, 11) is 0. The zero-order valence-electron chi connectivity index (χ0n) is 13.1. The van der Waals surface area contributed by atoms with Crippen molar-refractivity contribution in [1.29, 1.82) is 0 Å². The van der Waals surface area contributed by atoms with Gasteiger partial charge in [0.05, 0.1) is 5.69 Å². The van der Waals surface area contributed by atoms with Crippen LogP contribution >= 0.6 is 0 Å². The maximum absolute atomic E-state index is 13.9. The molecule has 2 saturated heterocycles. The second kappa shape index (κ2) is 6.62. The number of likely N-dealkylation sites (tertiary alicyclic amines) is 1. The van der Waals surface area contributed by atoms with Gasteiger partial charge in [-0.3, -0.25) is 0 Å². The zero-order chi connectivity index (χ0) is 16.4. The highest BCUT2D eigenvalue weighted by Crippen LogP contribution is 2.29. The van der Waals surface area contributed by atoms with E-state index in [9.17, 15) is 9.18 Å². The molecule has 0 unspecified atom stereocenters. The van der Waals surface area contributed by atoms with Gasteiger partial charge >= 0.3 is 6.09 Å². The number of hydrogen-bond donors (Lipinski definition) is 2. The van der Waals surface area contributed by atoms with Crippen molar-refractivity contribution in [3.8, 4) is 0 Å². The monoisotopic (exact) mass is 322 g/mol. The van der Waals surface area contributed by atoms with E-state index in [1.807, 2.05) is 4.90 Å². The molecule has 0 bridgehead atoms. The maximum atomic E-state index is 13.9. The first-order valence-corrected chi connectivity index (χ1v) is 7.99. The van der Waals surface area contributed by atoms with Crippen LogP contribution in [0.5, 0.6) is 0 Å². The predicted molar refractivity (Wildman–Crippen MR) is 86.6 cm³/mol. The highest BCUT2D eigenvalue weighted by atomic mass is 19.1. The van der Waals surface area contributed by atoms with E-state index in [2.05, 4.69) is 4.90 Å². The molecule has 126 valence electrons. The predicted octanol–water partition coefficient (Wildman–Crippen LogP) is 1.40. The minimum absolute atomic E-state index is 0.0505. The first kappa shape index (κ1) is 15.9.